The van der Waals surface area contributed by atoms with E-state index in [2.05, 4.69) is 57.3 Å². The molecule has 26 heavy (non-hydrogen) atoms. The van der Waals surface area contributed by atoms with Crippen LogP contribution in [-0.4, -0.2) is 85.9 Å². The van der Waals surface area contributed by atoms with Crippen LogP contribution < -0.4 is 10.2 Å². The lowest BCUT2D eigenvalue weighted by Gasteiger charge is -2.36. The molecule has 0 radical (unpaired) electrons. The Hall–Kier alpha value is -1.79. The van der Waals surface area contributed by atoms with Crippen molar-refractivity contribution in [2.45, 2.75) is 25.9 Å². The lowest BCUT2D eigenvalue weighted by Crippen LogP contribution is -2.46. The van der Waals surface area contributed by atoms with Gasteiger partial charge in [0, 0.05) is 64.6 Å². The predicted octanol–water partition coefficient (Wildman–Crippen LogP) is 1.23. The molecule has 1 aromatic rings. The lowest BCUT2D eigenvalue weighted by molar-refractivity contribution is 0.187. The maximum absolute atomic E-state index is 9.73. The number of benzene rings is 1. The highest BCUT2D eigenvalue weighted by Gasteiger charge is 2.22. The van der Waals surface area contributed by atoms with Gasteiger partial charge in [-0.15, -0.1) is 0 Å². The Balaban J connectivity index is 1.38. The fourth-order valence-electron chi connectivity index (χ4n) is 3.71. The average molecular weight is 360 g/mol. The molecule has 2 heterocycles. The van der Waals surface area contributed by atoms with Gasteiger partial charge < -0.3 is 20.2 Å². The summed E-state index contributed by atoms with van der Waals surface area (Å²) in [5.74, 6) is 0.956. The molecular formula is C20H33N5O. The summed E-state index contributed by atoms with van der Waals surface area (Å²) in [4.78, 5) is 11.9. The van der Waals surface area contributed by atoms with Crippen LogP contribution in [0.4, 0.5) is 5.69 Å². The summed E-state index contributed by atoms with van der Waals surface area (Å²) in [6, 6.07) is 10.7. The number of hydrogen-bond donors (Lipinski definition) is 2. The first-order valence-corrected chi connectivity index (χ1v) is 10.00. The normalized spacial score (nSPS) is 22.1. The van der Waals surface area contributed by atoms with Crippen molar-refractivity contribution in [3.63, 3.8) is 0 Å². The number of anilines is 1. The molecule has 2 aliphatic heterocycles. The van der Waals surface area contributed by atoms with E-state index in [1.54, 1.807) is 0 Å². The Labute approximate surface area is 157 Å². The van der Waals surface area contributed by atoms with Crippen LogP contribution in [0.2, 0.25) is 0 Å². The fourth-order valence-corrected chi connectivity index (χ4v) is 3.71. The Morgan fingerprint density at radius 3 is 2.58 bits per heavy atom. The zero-order valence-electron chi connectivity index (χ0n) is 16.0. The number of aliphatic imine (C=N–C) groups is 1. The van der Waals surface area contributed by atoms with Crippen LogP contribution in [0.5, 0.6) is 0 Å². The van der Waals surface area contributed by atoms with Gasteiger partial charge >= 0.3 is 0 Å². The number of aliphatic hydroxyl groups excluding tert-OH is 1. The van der Waals surface area contributed by atoms with Crippen molar-refractivity contribution in [1.29, 1.82) is 0 Å². The van der Waals surface area contributed by atoms with E-state index in [-0.39, 0.29) is 6.10 Å². The number of aliphatic hydroxyl groups is 1. The molecule has 0 aliphatic carbocycles. The maximum Gasteiger partial charge on any atom is 0.194 e. The van der Waals surface area contributed by atoms with Gasteiger partial charge in [0.1, 0.15) is 0 Å². The lowest BCUT2D eigenvalue weighted by atomic mass is 10.2. The number of guanidine groups is 1. The zero-order chi connectivity index (χ0) is 18.2. The highest BCUT2D eigenvalue weighted by Crippen LogP contribution is 2.15. The van der Waals surface area contributed by atoms with Crippen LogP contribution in [0, 0.1) is 0 Å². The molecule has 0 unspecified atom stereocenters. The minimum atomic E-state index is -0.209. The molecule has 1 atom stereocenters. The van der Waals surface area contributed by atoms with Gasteiger partial charge in [0.05, 0.1) is 6.10 Å². The second-order valence-electron chi connectivity index (χ2n) is 7.14. The van der Waals surface area contributed by atoms with E-state index in [0.29, 0.717) is 6.54 Å². The molecule has 2 saturated heterocycles. The Morgan fingerprint density at radius 2 is 1.92 bits per heavy atom. The maximum atomic E-state index is 9.73. The molecule has 2 aliphatic rings. The van der Waals surface area contributed by atoms with Crippen molar-refractivity contribution in [2.75, 3.05) is 63.8 Å². The SMILES string of the molecule is CCNC(=NCCCN1CCN(c2ccccc2)CC1)N1CC[C@@H](O)C1. The molecule has 6 nitrogen and oxygen atoms in total. The number of nitrogens with zero attached hydrogens (tertiary/aromatic N) is 4. The van der Waals surface area contributed by atoms with E-state index < -0.39 is 0 Å². The minimum absolute atomic E-state index is 0.209. The van der Waals surface area contributed by atoms with Crippen LogP contribution in [0.25, 0.3) is 0 Å². The van der Waals surface area contributed by atoms with Gasteiger partial charge in [0.2, 0.25) is 0 Å². The van der Waals surface area contributed by atoms with Gasteiger partial charge in [0.25, 0.3) is 0 Å². The molecule has 144 valence electrons. The Morgan fingerprint density at radius 1 is 1.15 bits per heavy atom. The van der Waals surface area contributed by atoms with E-state index >= 15 is 0 Å². The number of rotatable bonds is 6. The second-order valence-corrected chi connectivity index (χ2v) is 7.14. The molecule has 0 bridgehead atoms. The molecule has 2 N–H and O–H groups in total. The molecule has 0 spiro atoms. The number of β-amino-alcohol motifs (C(OH)–C–C–N with tert-alkyl or cyclic N) is 1. The third kappa shape index (κ3) is 5.35. The highest BCUT2D eigenvalue weighted by atomic mass is 16.3. The summed E-state index contributed by atoms with van der Waals surface area (Å²) in [6.07, 6.45) is 1.71. The largest absolute Gasteiger partial charge is 0.391 e. The van der Waals surface area contributed by atoms with E-state index in [1.807, 2.05) is 0 Å². The van der Waals surface area contributed by atoms with E-state index in [9.17, 15) is 5.11 Å². The monoisotopic (exact) mass is 359 g/mol. The topological polar surface area (TPSA) is 54.3 Å². The zero-order valence-corrected chi connectivity index (χ0v) is 16.0. The number of para-hydroxylation sites is 1. The van der Waals surface area contributed by atoms with E-state index in [0.717, 1.165) is 71.2 Å². The molecule has 0 saturated carbocycles. The molecule has 1 aromatic carbocycles. The number of nitrogens with one attached hydrogen (secondary N) is 1. The third-order valence-electron chi connectivity index (χ3n) is 5.19. The summed E-state index contributed by atoms with van der Waals surface area (Å²) in [7, 11) is 0. The van der Waals surface area contributed by atoms with Gasteiger partial charge in [-0.05, 0) is 31.9 Å². The van der Waals surface area contributed by atoms with Crippen molar-refractivity contribution < 1.29 is 5.11 Å². The Kier molecular flexibility index (Phi) is 7.14. The van der Waals surface area contributed by atoms with Gasteiger partial charge in [-0.1, -0.05) is 18.2 Å². The summed E-state index contributed by atoms with van der Waals surface area (Å²) in [5, 5.41) is 13.1. The average Bonchev–Trinajstić information content (AvgIpc) is 3.12. The quantitative estimate of drug-likeness (QED) is 0.455. The van der Waals surface area contributed by atoms with Crippen molar-refractivity contribution in [2.24, 2.45) is 4.99 Å². The van der Waals surface area contributed by atoms with Gasteiger partial charge in [-0.25, -0.2) is 0 Å². The van der Waals surface area contributed by atoms with E-state index in [4.69, 9.17) is 4.99 Å². The van der Waals surface area contributed by atoms with Crippen molar-refractivity contribution in [3.05, 3.63) is 30.3 Å². The first-order valence-electron chi connectivity index (χ1n) is 10.00. The fraction of sp³-hybridized carbons (Fsp3) is 0.650. The standard InChI is InChI=1S/C20H33N5O/c1-2-21-20(25-12-9-19(26)17-25)22-10-6-11-23-13-15-24(16-14-23)18-7-4-3-5-8-18/h3-5,7-8,19,26H,2,6,9-17H2,1H3,(H,21,22)/t19-/m1/s1. The summed E-state index contributed by atoms with van der Waals surface area (Å²) in [6.45, 7) is 10.9. The van der Waals surface area contributed by atoms with Crippen molar-refractivity contribution in [3.8, 4) is 0 Å². The molecular weight excluding hydrogens is 326 g/mol. The molecule has 0 aromatic heterocycles. The van der Waals surface area contributed by atoms with Crippen LogP contribution >= 0.6 is 0 Å². The van der Waals surface area contributed by atoms with Crippen molar-refractivity contribution in [1.82, 2.24) is 15.1 Å². The van der Waals surface area contributed by atoms with Crippen molar-refractivity contribution >= 4 is 11.6 Å². The van der Waals surface area contributed by atoms with Crippen LogP contribution in [0.15, 0.2) is 35.3 Å². The van der Waals surface area contributed by atoms with Crippen LogP contribution in [-0.2, 0) is 0 Å². The number of likely N-dealkylation sites (tertiary alicyclic amines) is 1. The molecule has 0 amide bonds. The smallest absolute Gasteiger partial charge is 0.194 e. The summed E-state index contributed by atoms with van der Waals surface area (Å²) >= 11 is 0. The van der Waals surface area contributed by atoms with E-state index in [1.165, 1.54) is 5.69 Å². The first kappa shape index (κ1) is 19.0. The molecule has 6 heteroatoms. The third-order valence-corrected chi connectivity index (χ3v) is 5.19. The number of hydrogen-bond acceptors (Lipinski definition) is 4. The highest BCUT2D eigenvalue weighted by molar-refractivity contribution is 5.80. The minimum Gasteiger partial charge on any atom is -0.391 e. The summed E-state index contributed by atoms with van der Waals surface area (Å²) in [5.41, 5.74) is 1.33. The van der Waals surface area contributed by atoms with Gasteiger partial charge in [-0.2, -0.15) is 0 Å². The van der Waals surface area contributed by atoms with Crippen LogP contribution in [0.3, 0.4) is 0 Å². The van der Waals surface area contributed by atoms with Gasteiger partial charge in [-0.3, -0.25) is 9.89 Å². The van der Waals surface area contributed by atoms with Crippen LogP contribution in [0.1, 0.15) is 19.8 Å². The second kappa shape index (κ2) is 9.78. The summed E-state index contributed by atoms with van der Waals surface area (Å²) < 4.78 is 0. The van der Waals surface area contributed by atoms with Gasteiger partial charge in [0.15, 0.2) is 5.96 Å². The molecule has 3 rings (SSSR count). The Bertz CT molecular complexity index is 557. The number of piperazine rings is 1. The predicted molar refractivity (Wildman–Crippen MR) is 108 cm³/mol. The molecule has 2 fully saturated rings. The first-order chi connectivity index (χ1) is 12.8.